The van der Waals surface area contributed by atoms with E-state index >= 15 is 0 Å². The Kier molecular flexibility index (Phi) is 4.11. The highest BCUT2D eigenvalue weighted by Crippen LogP contribution is 2.02. The number of esters is 1. The lowest BCUT2D eigenvalue weighted by molar-refractivity contribution is -0.148. The predicted molar refractivity (Wildman–Crippen MR) is 41.6 cm³/mol. The summed E-state index contributed by atoms with van der Waals surface area (Å²) in [6.07, 6.45) is -0.233. The number of Topliss-reactive ketones (excluding diaryl/α,β-unsaturated/α-hetero) is 1. The smallest absolute Gasteiger partial charge is 0.331 e. The molecular weight excluding hydrogens is 168 g/mol. The van der Waals surface area contributed by atoms with Crippen LogP contribution in [0.25, 0.3) is 0 Å². The first kappa shape index (κ1) is 10.4. The molecule has 0 heterocycles. The second-order valence-corrected chi connectivity index (χ2v) is 2.90. The Labute approximate surface area is 70.7 Å². The Balaban J connectivity index is 3.93. The average molecular weight is 179 g/mol. The van der Waals surface area contributed by atoms with Crippen LogP contribution in [-0.4, -0.2) is 23.2 Å². The summed E-state index contributed by atoms with van der Waals surface area (Å²) in [5.74, 6) is -1.06. The molecule has 0 rings (SSSR count). The summed E-state index contributed by atoms with van der Waals surface area (Å²) < 4.78 is 4.68. The summed E-state index contributed by atoms with van der Waals surface area (Å²) in [4.78, 5) is 21.4. The summed E-state index contributed by atoms with van der Waals surface area (Å²) in [7, 11) is 0. The van der Waals surface area contributed by atoms with Gasteiger partial charge < -0.3 is 4.74 Å². The molecule has 1 atom stereocenters. The zero-order valence-electron chi connectivity index (χ0n) is 6.76. The van der Waals surface area contributed by atoms with Crippen molar-refractivity contribution in [1.82, 2.24) is 0 Å². The van der Waals surface area contributed by atoms with Gasteiger partial charge in [0.2, 0.25) is 0 Å². The number of hydrogen-bond acceptors (Lipinski definition) is 3. The molecule has 0 saturated carbocycles. The fourth-order valence-corrected chi connectivity index (χ4v) is 0.509. The van der Waals surface area contributed by atoms with E-state index in [0.717, 1.165) is 0 Å². The number of rotatable bonds is 3. The SMILES string of the molecule is CC(=O)[C@@H](Cl)C(=O)OC(C)C. The largest absolute Gasteiger partial charge is 0.462 e. The summed E-state index contributed by atoms with van der Waals surface area (Å²) >= 11 is 5.39. The van der Waals surface area contributed by atoms with Crippen molar-refractivity contribution in [2.45, 2.75) is 32.3 Å². The van der Waals surface area contributed by atoms with E-state index in [-0.39, 0.29) is 6.10 Å². The van der Waals surface area contributed by atoms with Crippen LogP contribution in [0.1, 0.15) is 20.8 Å². The van der Waals surface area contributed by atoms with Crippen molar-refractivity contribution < 1.29 is 14.3 Å². The van der Waals surface area contributed by atoms with E-state index in [1.807, 2.05) is 0 Å². The predicted octanol–water partition coefficient (Wildman–Crippen LogP) is 1.13. The fraction of sp³-hybridized carbons (Fsp3) is 0.714. The molecule has 0 aromatic heterocycles. The molecule has 0 unspecified atom stereocenters. The Morgan fingerprint density at radius 2 is 1.82 bits per heavy atom. The van der Waals surface area contributed by atoms with E-state index in [1.54, 1.807) is 13.8 Å². The van der Waals surface area contributed by atoms with Crippen LogP contribution in [0.2, 0.25) is 0 Å². The van der Waals surface area contributed by atoms with Gasteiger partial charge in [-0.25, -0.2) is 4.79 Å². The van der Waals surface area contributed by atoms with Gasteiger partial charge in [0, 0.05) is 0 Å². The Hall–Kier alpha value is -0.570. The quantitative estimate of drug-likeness (QED) is 0.370. The minimum Gasteiger partial charge on any atom is -0.462 e. The Bertz CT molecular complexity index is 165. The number of hydrogen-bond donors (Lipinski definition) is 0. The lowest BCUT2D eigenvalue weighted by Crippen LogP contribution is -2.26. The molecule has 0 bridgehead atoms. The van der Waals surface area contributed by atoms with Gasteiger partial charge in [-0.15, -0.1) is 11.6 Å². The maximum atomic E-state index is 10.8. The number of ether oxygens (including phenoxy) is 1. The molecule has 11 heavy (non-hydrogen) atoms. The molecule has 3 nitrogen and oxygen atoms in total. The number of carbonyl (C=O) groups is 2. The molecule has 4 heteroatoms. The van der Waals surface area contributed by atoms with E-state index in [9.17, 15) is 9.59 Å². The third kappa shape index (κ3) is 3.98. The average Bonchev–Trinajstić information content (AvgIpc) is 1.84. The normalized spacial score (nSPS) is 12.8. The molecule has 0 aliphatic carbocycles. The lowest BCUT2D eigenvalue weighted by atomic mass is 10.3. The molecule has 0 N–H and O–H groups in total. The third-order valence-electron chi connectivity index (χ3n) is 0.916. The van der Waals surface area contributed by atoms with Gasteiger partial charge in [-0.05, 0) is 20.8 Å². The summed E-state index contributed by atoms with van der Waals surface area (Å²) in [6.45, 7) is 4.64. The van der Waals surface area contributed by atoms with Gasteiger partial charge in [0.1, 0.15) is 0 Å². The topological polar surface area (TPSA) is 43.4 Å². The molecule has 0 aromatic rings. The second kappa shape index (κ2) is 4.34. The summed E-state index contributed by atoms with van der Waals surface area (Å²) in [6, 6.07) is 0. The van der Waals surface area contributed by atoms with E-state index in [2.05, 4.69) is 4.74 Å². The summed E-state index contributed by atoms with van der Waals surface area (Å²) in [5.41, 5.74) is 0. The van der Waals surface area contributed by atoms with E-state index in [0.29, 0.717) is 0 Å². The van der Waals surface area contributed by atoms with Crippen LogP contribution in [0.5, 0.6) is 0 Å². The fourth-order valence-electron chi connectivity index (χ4n) is 0.458. The highest BCUT2D eigenvalue weighted by atomic mass is 35.5. The van der Waals surface area contributed by atoms with Crippen molar-refractivity contribution in [3.63, 3.8) is 0 Å². The first-order valence-electron chi connectivity index (χ1n) is 3.30. The number of halogens is 1. The third-order valence-corrected chi connectivity index (χ3v) is 1.40. The Morgan fingerprint density at radius 1 is 1.36 bits per heavy atom. The number of ketones is 1. The second-order valence-electron chi connectivity index (χ2n) is 2.46. The molecule has 0 saturated heterocycles. The lowest BCUT2D eigenvalue weighted by Gasteiger charge is -2.09. The van der Waals surface area contributed by atoms with Crippen LogP contribution in [0, 0.1) is 0 Å². The van der Waals surface area contributed by atoms with Crippen molar-refractivity contribution in [1.29, 1.82) is 0 Å². The van der Waals surface area contributed by atoms with Gasteiger partial charge in [0.25, 0.3) is 0 Å². The van der Waals surface area contributed by atoms with Gasteiger partial charge in [-0.1, -0.05) is 0 Å². The van der Waals surface area contributed by atoms with Crippen molar-refractivity contribution in [3.8, 4) is 0 Å². The summed E-state index contributed by atoms with van der Waals surface area (Å²) in [5, 5.41) is -1.16. The monoisotopic (exact) mass is 178 g/mol. The van der Waals surface area contributed by atoms with Crippen molar-refractivity contribution >= 4 is 23.4 Å². The molecule has 0 fully saturated rings. The molecule has 64 valence electrons. The highest BCUT2D eigenvalue weighted by Gasteiger charge is 2.22. The van der Waals surface area contributed by atoms with Gasteiger partial charge in [-0.2, -0.15) is 0 Å². The standard InChI is InChI=1S/C7H11ClO3/c1-4(2)11-7(10)6(8)5(3)9/h4,6H,1-3H3/t6-/m1/s1. The maximum absolute atomic E-state index is 10.8. The first-order valence-corrected chi connectivity index (χ1v) is 3.73. The van der Waals surface area contributed by atoms with Crippen LogP contribution in [0.4, 0.5) is 0 Å². The van der Waals surface area contributed by atoms with E-state index in [1.165, 1.54) is 6.92 Å². The van der Waals surface area contributed by atoms with Crippen molar-refractivity contribution in [2.24, 2.45) is 0 Å². The van der Waals surface area contributed by atoms with Crippen LogP contribution >= 0.6 is 11.6 Å². The van der Waals surface area contributed by atoms with Crippen molar-refractivity contribution in [3.05, 3.63) is 0 Å². The number of carbonyl (C=O) groups excluding carboxylic acids is 2. The van der Waals surface area contributed by atoms with Gasteiger partial charge in [0.05, 0.1) is 6.10 Å². The first-order chi connectivity index (χ1) is 4.95. The van der Waals surface area contributed by atoms with Gasteiger partial charge in [-0.3, -0.25) is 4.79 Å². The molecule has 0 radical (unpaired) electrons. The molecule has 0 aliphatic heterocycles. The van der Waals surface area contributed by atoms with Crippen molar-refractivity contribution in [2.75, 3.05) is 0 Å². The van der Waals surface area contributed by atoms with Crippen LogP contribution < -0.4 is 0 Å². The van der Waals surface area contributed by atoms with Gasteiger partial charge >= 0.3 is 5.97 Å². The highest BCUT2D eigenvalue weighted by molar-refractivity contribution is 6.40. The molecule has 0 aliphatic rings. The minimum atomic E-state index is -1.16. The zero-order chi connectivity index (χ0) is 9.02. The molecule has 0 amide bonds. The van der Waals surface area contributed by atoms with Gasteiger partial charge in [0.15, 0.2) is 11.2 Å². The molecule has 0 aromatic carbocycles. The molecular formula is C7H11ClO3. The number of alkyl halides is 1. The van der Waals surface area contributed by atoms with Crippen LogP contribution in [0.15, 0.2) is 0 Å². The minimum absolute atomic E-state index is 0.233. The van der Waals surface area contributed by atoms with Crippen LogP contribution in [0.3, 0.4) is 0 Å². The van der Waals surface area contributed by atoms with E-state index in [4.69, 9.17) is 11.6 Å². The molecule has 0 spiro atoms. The Morgan fingerprint density at radius 3 is 2.09 bits per heavy atom. The van der Waals surface area contributed by atoms with E-state index < -0.39 is 17.1 Å². The van der Waals surface area contributed by atoms with Crippen LogP contribution in [-0.2, 0) is 14.3 Å². The maximum Gasteiger partial charge on any atom is 0.331 e. The zero-order valence-corrected chi connectivity index (χ0v) is 7.51.